The zero-order valence-electron chi connectivity index (χ0n) is 15.9. The number of halogens is 4. The lowest BCUT2D eigenvalue weighted by Crippen LogP contribution is -2.27. The Morgan fingerprint density at radius 2 is 2.00 bits per heavy atom. The molecule has 0 atom stereocenters. The van der Waals surface area contributed by atoms with Gasteiger partial charge < -0.3 is 9.64 Å². The summed E-state index contributed by atoms with van der Waals surface area (Å²) in [4.78, 5) is 18.3. The number of hydrogen-bond donors (Lipinski definition) is 0. The van der Waals surface area contributed by atoms with Crippen LogP contribution in [0.15, 0.2) is 54.9 Å². The minimum atomic E-state index is -4.94. The van der Waals surface area contributed by atoms with E-state index in [-0.39, 0.29) is 17.7 Å². The van der Waals surface area contributed by atoms with Crippen LogP contribution in [0.25, 0.3) is 15.3 Å². The number of thiazole rings is 1. The molecule has 1 amide bonds. The summed E-state index contributed by atoms with van der Waals surface area (Å²) in [5.41, 5.74) is 0.884. The second-order valence-corrected chi connectivity index (χ2v) is 7.61. The van der Waals surface area contributed by atoms with Gasteiger partial charge in [0.25, 0.3) is 5.91 Å². The van der Waals surface area contributed by atoms with Crippen molar-refractivity contribution in [3.8, 4) is 10.9 Å². The van der Waals surface area contributed by atoms with Crippen LogP contribution < -0.4 is 4.74 Å². The second kappa shape index (κ2) is 7.99. The molecule has 0 radical (unpaired) electrons. The molecule has 2 heterocycles. The third-order valence-corrected chi connectivity index (χ3v) is 5.34. The highest BCUT2D eigenvalue weighted by Crippen LogP contribution is 2.28. The maximum Gasteiger partial charge on any atom is 0.573 e. The van der Waals surface area contributed by atoms with Gasteiger partial charge in [-0.3, -0.25) is 4.79 Å². The monoisotopic (exact) mass is 450 g/mol. The van der Waals surface area contributed by atoms with Gasteiger partial charge in [-0.25, -0.2) is 14.1 Å². The van der Waals surface area contributed by atoms with Crippen molar-refractivity contribution < 1.29 is 27.1 Å². The lowest BCUT2D eigenvalue weighted by Gasteiger charge is -2.19. The molecule has 2 aromatic carbocycles. The number of rotatable bonds is 5. The van der Waals surface area contributed by atoms with E-state index in [1.54, 1.807) is 0 Å². The van der Waals surface area contributed by atoms with Crippen LogP contribution in [0.4, 0.5) is 17.6 Å². The van der Waals surface area contributed by atoms with E-state index in [9.17, 15) is 22.4 Å². The maximum atomic E-state index is 13.6. The third kappa shape index (κ3) is 4.66. The van der Waals surface area contributed by atoms with Crippen molar-refractivity contribution in [2.45, 2.75) is 12.9 Å². The molecule has 160 valence electrons. The molecule has 0 fully saturated rings. The predicted octanol–water partition coefficient (Wildman–Crippen LogP) is 4.79. The van der Waals surface area contributed by atoms with Crippen LogP contribution in [0.1, 0.15) is 15.9 Å². The minimum absolute atomic E-state index is 0.119. The fourth-order valence-electron chi connectivity index (χ4n) is 2.94. The third-order valence-electron chi connectivity index (χ3n) is 4.31. The van der Waals surface area contributed by atoms with Gasteiger partial charge in [0.15, 0.2) is 0 Å². The topological polar surface area (TPSA) is 60.2 Å². The van der Waals surface area contributed by atoms with E-state index in [0.29, 0.717) is 5.13 Å². The number of aromatic nitrogens is 3. The standard InChI is InChI=1S/C20H14F4N4O2S/c1-27(10-12-8-14(21)6-7-16(12)30-20(22,23)24)18(29)13-9-25-28(11-13)19-26-15-4-2-3-5-17(15)31-19/h2-9,11H,10H2,1H3. The van der Waals surface area contributed by atoms with Crippen molar-refractivity contribution in [2.75, 3.05) is 7.05 Å². The van der Waals surface area contributed by atoms with Crippen LogP contribution in [-0.4, -0.2) is 39.0 Å². The van der Waals surface area contributed by atoms with Gasteiger partial charge in [0.2, 0.25) is 5.13 Å². The summed E-state index contributed by atoms with van der Waals surface area (Å²) in [6.45, 7) is -0.297. The second-order valence-electron chi connectivity index (χ2n) is 6.60. The molecule has 4 rings (SSSR count). The summed E-state index contributed by atoms with van der Waals surface area (Å²) in [5, 5.41) is 4.72. The summed E-state index contributed by atoms with van der Waals surface area (Å²) in [5.74, 6) is -1.82. The minimum Gasteiger partial charge on any atom is -0.405 e. The number of carbonyl (C=O) groups excluding carboxylic acids is 1. The Hall–Kier alpha value is -3.47. The molecular weight excluding hydrogens is 436 g/mol. The van der Waals surface area contributed by atoms with Crippen LogP contribution in [-0.2, 0) is 6.54 Å². The molecule has 4 aromatic rings. The van der Waals surface area contributed by atoms with Crippen molar-refractivity contribution in [3.05, 3.63) is 71.8 Å². The largest absolute Gasteiger partial charge is 0.573 e. The number of para-hydroxylation sites is 1. The van der Waals surface area contributed by atoms with Gasteiger partial charge >= 0.3 is 6.36 Å². The Labute approximate surface area is 177 Å². The average Bonchev–Trinajstić information content (AvgIpc) is 3.35. The van der Waals surface area contributed by atoms with Crippen LogP contribution in [0.2, 0.25) is 0 Å². The van der Waals surface area contributed by atoms with Crippen molar-refractivity contribution in [1.82, 2.24) is 19.7 Å². The van der Waals surface area contributed by atoms with E-state index < -0.39 is 23.8 Å². The fourth-order valence-corrected chi connectivity index (χ4v) is 3.84. The molecule has 6 nitrogen and oxygen atoms in total. The summed E-state index contributed by atoms with van der Waals surface area (Å²) in [6.07, 6.45) is -2.12. The number of alkyl halides is 3. The van der Waals surface area contributed by atoms with Crippen LogP contribution >= 0.6 is 11.3 Å². The maximum absolute atomic E-state index is 13.6. The van der Waals surface area contributed by atoms with Gasteiger partial charge in [-0.1, -0.05) is 23.5 Å². The highest BCUT2D eigenvalue weighted by atomic mass is 32.1. The zero-order valence-corrected chi connectivity index (χ0v) is 16.7. The van der Waals surface area contributed by atoms with Gasteiger partial charge in [-0.15, -0.1) is 13.2 Å². The molecule has 0 unspecified atom stereocenters. The molecular formula is C20H14F4N4O2S. The summed E-state index contributed by atoms with van der Waals surface area (Å²) in [7, 11) is 1.39. The quantitative estimate of drug-likeness (QED) is 0.410. The molecule has 0 bridgehead atoms. The highest BCUT2D eigenvalue weighted by Gasteiger charge is 2.32. The van der Waals surface area contributed by atoms with Crippen LogP contribution in [0.3, 0.4) is 0 Å². The molecule has 11 heteroatoms. The van der Waals surface area contributed by atoms with Crippen LogP contribution in [0, 0.1) is 5.82 Å². The zero-order chi connectivity index (χ0) is 22.2. The summed E-state index contributed by atoms with van der Waals surface area (Å²) in [6, 6.07) is 10.2. The molecule has 0 aliphatic rings. The number of hydrogen-bond acceptors (Lipinski definition) is 5. The van der Waals surface area contributed by atoms with E-state index in [4.69, 9.17) is 0 Å². The number of carbonyl (C=O) groups is 1. The Morgan fingerprint density at radius 1 is 1.23 bits per heavy atom. The first-order valence-electron chi connectivity index (χ1n) is 8.90. The molecule has 0 aliphatic heterocycles. The smallest absolute Gasteiger partial charge is 0.405 e. The van der Waals surface area contributed by atoms with Crippen LogP contribution in [0.5, 0.6) is 5.75 Å². The molecule has 31 heavy (non-hydrogen) atoms. The summed E-state index contributed by atoms with van der Waals surface area (Å²) >= 11 is 1.39. The van der Waals surface area contributed by atoms with E-state index in [2.05, 4.69) is 14.8 Å². The van der Waals surface area contributed by atoms with E-state index in [1.807, 2.05) is 24.3 Å². The first-order valence-corrected chi connectivity index (χ1v) is 9.71. The van der Waals surface area contributed by atoms with Crippen molar-refractivity contribution in [2.24, 2.45) is 0 Å². The Morgan fingerprint density at radius 3 is 2.74 bits per heavy atom. The lowest BCUT2D eigenvalue weighted by molar-refractivity contribution is -0.275. The number of ether oxygens (including phenoxy) is 1. The van der Waals surface area contributed by atoms with E-state index in [0.717, 1.165) is 33.3 Å². The Kier molecular flexibility index (Phi) is 5.36. The van der Waals surface area contributed by atoms with Crippen molar-refractivity contribution >= 4 is 27.5 Å². The van der Waals surface area contributed by atoms with Gasteiger partial charge in [-0.2, -0.15) is 5.10 Å². The number of fused-ring (bicyclic) bond motifs is 1. The highest BCUT2D eigenvalue weighted by molar-refractivity contribution is 7.20. The lowest BCUT2D eigenvalue weighted by atomic mass is 10.1. The normalized spacial score (nSPS) is 11.6. The summed E-state index contributed by atoms with van der Waals surface area (Å²) < 4.78 is 57.8. The first kappa shape index (κ1) is 20.8. The molecule has 0 aliphatic carbocycles. The molecule has 0 saturated carbocycles. The van der Waals surface area contributed by atoms with Gasteiger partial charge in [0.1, 0.15) is 11.6 Å². The number of nitrogens with zero attached hydrogens (tertiary/aromatic N) is 4. The van der Waals surface area contributed by atoms with E-state index >= 15 is 0 Å². The molecule has 2 aromatic heterocycles. The molecule has 0 spiro atoms. The first-order chi connectivity index (χ1) is 14.7. The number of amides is 1. The van der Waals surface area contributed by atoms with E-state index in [1.165, 1.54) is 35.5 Å². The predicted molar refractivity (Wildman–Crippen MR) is 106 cm³/mol. The van der Waals surface area contributed by atoms with Crippen molar-refractivity contribution in [1.29, 1.82) is 0 Å². The van der Waals surface area contributed by atoms with Gasteiger partial charge in [0.05, 0.1) is 22.0 Å². The van der Waals surface area contributed by atoms with Crippen molar-refractivity contribution in [3.63, 3.8) is 0 Å². The average molecular weight is 450 g/mol. The fraction of sp³-hybridized carbons (Fsp3) is 0.150. The van der Waals surface area contributed by atoms with Gasteiger partial charge in [-0.05, 0) is 30.3 Å². The molecule has 0 saturated heterocycles. The Balaban J connectivity index is 1.54. The SMILES string of the molecule is CN(Cc1cc(F)ccc1OC(F)(F)F)C(=O)c1cnn(-c2nc3ccccc3s2)c1. The Bertz CT molecular complexity index is 1220. The molecule has 0 N–H and O–H groups in total. The number of benzene rings is 2. The van der Waals surface area contributed by atoms with Gasteiger partial charge in [0, 0.05) is 25.4 Å².